The van der Waals surface area contributed by atoms with Crippen LogP contribution in [0.4, 0.5) is 11.4 Å². The minimum Gasteiger partial charge on any atom is -0.497 e. The average molecular weight is 465 g/mol. The van der Waals surface area contributed by atoms with Gasteiger partial charge in [-0.3, -0.25) is 19.7 Å². The molecule has 176 valence electrons. The Labute approximate surface area is 194 Å². The monoisotopic (exact) mass is 465 g/mol. The third-order valence-electron chi connectivity index (χ3n) is 5.51. The Kier molecular flexibility index (Phi) is 6.55. The molecule has 4 rings (SSSR count). The highest BCUT2D eigenvalue weighted by atomic mass is 16.6. The molecule has 1 saturated heterocycles. The molecule has 1 aromatic heterocycles. The van der Waals surface area contributed by atoms with E-state index in [0.29, 0.717) is 43.3 Å². The van der Waals surface area contributed by atoms with Crippen LogP contribution in [0.2, 0.25) is 0 Å². The molecule has 0 spiro atoms. The molecule has 0 unspecified atom stereocenters. The molecular weight excluding hydrogens is 442 g/mol. The molecule has 2 heterocycles. The topological polar surface area (TPSA) is 129 Å². The predicted octanol–water partition coefficient (Wildman–Crippen LogP) is 2.01. The quantitative estimate of drug-likeness (QED) is 0.432. The van der Waals surface area contributed by atoms with E-state index < -0.39 is 16.4 Å². The van der Waals surface area contributed by atoms with Crippen LogP contribution in [0, 0.1) is 10.1 Å². The van der Waals surface area contributed by atoms with Gasteiger partial charge in [-0.2, -0.15) is 9.78 Å². The summed E-state index contributed by atoms with van der Waals surface area (Å²) in [5.74, 6) is -0.0730. The molecule has 1 aliphatic heterocycles. The van der Waals surface area contributed by atoms with E-state index in [1.807, 2.05) is 4.90 Å². The number of amides is 1. The van der Waals surface area contributed by atoms with Gasteiger partial charge in [-0.25, -0.2) is 0 Å². The van der Waals surface area contributed by atoms with E-state index >= 15 is 0 Å². The summed E-state index contributed by atoms with van der Waals surface area (Å²) in [6.45, 7) is 2.26. The van der Waals surface area contributed by atoms with Crippen LogP contribution in [-0.2, 0) is 4.74 Å². The number of hydrogen-bond donors (Lipinski definition) is 1. The molecule has 11 heteroatoms. The number of hydrogen-bond acceptors (Lipinski definition) is 8. The van der Waals surface area contributed by atoms with Gasteiger partial charge in [0.15, 0.2) is 0 Å². The molecule has 11 nitrogen and oxygen atoms in total. The van der Waals surface area contributed by atoms with Crippen molar-refractivity contribution in [3.63, 3.8) is 0 Å². The normalized spacial score (nSPS) is 13.4. The van der Waals surface area contributed by atoms with Gasteiger partial charge >= 0.3 is 0 Å². The van der Waals surface area contributed by atoms with Gasteiger partial charge in [0.25, 0.3) is 17.2 Å². The number of ether oxygens (including phenoxy) is 2. The highest BCUT2D eigenvalue weighted by molar-refractivity contribution is 5.94. The van der Waals surface area contributed by atoms with Crippen LogP contribution < -0.4 is 20.5 Å². The second kappa shape index (κ2) is 9.71. The summed E-state index contributed by atoms with van der Waals surface area (Å²) < 4.78 is 11.6. The van der Waals surface area contributed by atoms with Crippen molar-refractivity contribution in [3.05, 3.63) is 74.6 Å². The van der Waals surface area contributed by atoms with E-state index in [1.165, 1.54) is 26.3 Å². The number of anilines is 1. The first kappa shape index (κ1) is 22.9. The molecule has 1 aliphatic rings. The fraction of sp³-hybridized carbons (Fsp3) is 0.261. The number of nitrogens with zero attached hydrogens (tertiary/aromatic N) is 4. The number of aromatic nitrogens is 2. The summed E-state index contributed by atoms with van der Waals surface area (Å²) in [6, 6.07) is 12.8. The number of morpholine rings is 1. The lowest BCUT2D eigenvalue weighted by molar-refractivity contribution is -0.384. The van der Waals surface area contributed by atoms with Crippen LogP contribution >= 0.6 is 0 Å². The van der Waals surface area contributed by atoms with E-state index in [2.05, 4.69) is 10.4 Å². The van der Waals surface area contributed by atoms with Gasteiger partial charge in [-0.15, -0.1) is 0 Å². The van der Waals surface area contributed by atoms with Crippen molar-refractivity contribution < 1.29 is 19.2 Å². The van der Waals surface area contributed by atoms with Crippen LogP contribution in [0.25, 0.3) is 16.9 Å². The maximum absolute atomic E-state index is 13.3. The summed E-state index contributed by atoms with van der Waals surface area (Å²) in [5, 5.41) is 18.7. The molecule has 0 aliphatic carbocycles. The summed E-state index contributed by atoms with van der Waals surface area (Å²) in [6.07, 6.45) is 0. The van der Waals surface area contributed by atoms with Crippen molar-refractivity contribution in [3.8, 4) is 22.7 Å². The number of carbonyl (C=O) groups is 1. The smallest absolute Gasteiger partial charge is 0.295 e. The summed E-state index contributed by atoms with van der Waals surface area (Å²) >= 11 is 0. The lowest BCUT2D eigenvalue weighted by Crippen LogP contribution is -2.36. The number of nitro groups is 1. The molecule has 0 saturated carbocycles. The summed E-state index contributed by atoms with van der Waals surface area (Å²) in [5.41, 5.74) is 0.236. The number of rotatable bonds is 6. The zero-order valence-corrected chi connectivity index (χ0v) is 18.7. The van der Waals surface area contributed by atoms with E-state index in [1.54, 1.807) is 36.4 Å². The summed E-state index contributed by atoms with van der Waals surface area (Å²) in [4.78, 5) is 39.1. The number of nitro benzene ring substituents is 1. The lowest BCUT2D eigenvalue weighted by atomic mass is 10.1. The predicted molar refractivity (Wildman–Crippen MR) is 125 cm³/mol. The van der Waals surface area contributed by atoms with Gasteiger partial charge in [0, 0.05) is 37.5 Å². The highest BCUT2D eigenvalue weighted by Gasteiger charge is 2.24. The Hall–Kier alpha value is -4.25. The van der Waals surface area contributed by atoms with Crippen molar-refractivity contribution in [1.82, 2.24) is 15.1 Å². The number of methoxy groups -OCH3 is 1. The van der Waals surface area contributed by atoms with E-state index in [-0.39, 0.29) is 22.6 Å². The Balaban J connectivity index is 1.96. The van der Waals surface area contributed by atoms with E-state index in [9.17, 15) is 19.7 Å². The standard InChI is InChI=1S/C23H23N5O6/c1-24-22(29)18-14-19(15-4-3-5-17(12-15)33-2)25-27(23(18)30)21-13-16(6-7-20(21)28(31)32)26-8-10-34-11-9-26/h3-7,12-14H,8-11H2,1-2H3,(H,24,29). The molecule has 2 aromatic carbocycles. The Bertz CT molecular complexity index is 1300. The molecular formula is C23H23N5O6. The van der Waals surface area contributed by atoms with Gasteiger partial charge < -0.3 is 19.7 Å². The van der Waals surface area contributed by atoms with Gasteiger partial charge in [0.1, 0.15) is 17.0 Å². The largest absolute Gasteiger partial charge is 0.497 e. The minimum absolute atomic E-state index is 0.0334. The lowest BCUT2D eigenvalue weighted by Gasteiger charge is -2.29. The second-order valence-electron chi connectivity index (χ2n) is 7.50. The molecule has 0 radical (unpaired) electrons. The molecule has 1 fully saturated rings. The first-order valence-electron chi connectivity index (χ1n) is 10.6. The van der Waals surface area contributed by atoms with Crippen LogP contribution in [0.1, 0.15) is 10.4 Å². The highest BCUT2D eigenvalue weighted by Crippen LogP contribution is 2.29. The van der Waals surface area contributed by atoms with Crippen molar-refractivity contribution >= 4 is 17.3 Å². The van der Waals surface area contributed by atoms with E-state index in [4.69, 9.17) is 9.47 Å². The molecule has 34 heavy (non-hydrogen) atoms. The zero-order chi connectivity index (χ0) is 24.2. The number of nitrogens with one attached hydrogen (secondary N) is 1. The molecule has 1 amide bonds. The fourth-order valence-corrected chi connectivity index (χ4v) is 3.73. The first-order valence-corrected chi connectivity index (χ1v) is 10.6. The van der Waals surface area contributed by atoms with Crippen molar-refractivity contribution in [2.45, 2.75) is 0 Å². The second-order valence-corrected chi connectivity index (χ2v) is 7.50. The van der Waals surface area contributed by atoms with Crippen LogP contribution in [-0.4, -0.2) is 61.1 Å². The Morgan fingerprint density at radius 2 is 1.94 bits per heavy atom. The fourth-order valence-electron chi connectivity index (χ4n) is 3.73. The third kappa shape index (κ3) is 4.46. The zero-order valence-electron chi connectivity index (χ0n) is 18.7. The Morgan fingerprint density at radius 3 is 2.62 bits per heavy atom. The van der Waals surface area contributed by atoms with Crippen molar-refractivity contribution in [1.29, 1.82) is 0 Å². The first-order chi connectivity index (χ1) is 16.4. The average Bonchev–Trinajstić information content (AvgIpc) is 2.88. The van der Waals surface area contributed by atoms with E-state index in [0.717, 1.165) is 4.68 Å². The van der Waals surface area contributed by atoms with Crippen molar-refractivity contribution in [2.24, 2.45) is 0 Å². The summed E-state index contributed by atoms with van der Waals surface area (Å²) in [7, 11) is 2.92. The van der Waals surface area contributed by atoms with Crippen LogP contribution in [0.3, 0.4) is 0 Å². The number of carbonyl (C=O) groups excluding carboxylic acids is 1. The molecule has 3 aromatic rings. The molecule has 0 atom stereocenters. The van der Waals surface area contributed by atoms with Gasteiger partial charge in [0.2, 0.25) is 0 Å². The minimum atomic E-state index is -0.770. The van der Waals surface area contributed by atoms with Gasteiger partial charge in [-0.05, 0) is 30.3 Å². The number of benzene rings is 2. The SMILES string of the molecule is CNC(=O)c1cc(-c2cccc(OC)c2)nn(-c2cc(N3CCOCC3)ccc2[N+](=O)[O-])c1=O. The van der Waals surface area contributed by atoms with Crippen LogP contribution in [0.5, 0.6) is 5.75 Å². The van der Waals surface area contributed by atoms with Gasteiger partial charge in [-0.1, -0.05) is 12.1 Å². The molecule has 0 bridgehead atoms. The third-order valence-corrected chi connectivity index (χ3v) is 5.51. The van der Waals surface area contributed by atoms with Gasteiger partial charge in [0.05, 0.1) is 30.9 Å². The van der Waals surface area contributed by atoms with Crippen LogP contribution in [0.15, 0.2) is 53.3 Å². The molecule has 1 N–H and O–H groups in total. The van der Waals surface area contributed by atoms with Crippen molar-refractivity contribution in [2.75, 3.05) is 45.4 Å². The maximum atomic E-state index is 13.3. The Morgan fingerprint density at radius 1 is 1.18 bits per heavy atom. The maximum Gasteiger partial charge on any atom is 0.295 e.